The molecule has 0 saturated heterocycles. The zero-order chi connectivity index (χ0) is 17.5. The summed E-state index contributed by atoms with van der Waals surface area (Å²) >= 11 is 5.92. The maximum atomic E-state index is 11.7. The second-order valence-corrected chi connectivity index (χ2v) is 5.86. The molecule has 1 heterocycles. The topological polar surface area (TPSA) is 68.8 Å². The van der Waals surface area contributed by atoms with Gasteiger partial charge in [-0.25, -0.2) is 4.79 Å². The highest BCUT2D eigenvalue weighted by Crippen LogP contribution is 2.34. The van der Waals surface area contributed by atoms with Gasteiger partial charge in [0.1, 0.15) is 12.4 Å². The van der Waals surface area contributed by atoms with Crippen LogP contribution in [-0.2, 0) is 6.42 Å². The molecule has 0 bridgehead atoms. The lowest BCUT2D eigenvalue weighted by Crippen LogP contribution is -2.38. The first-order valence-corrected chi connectivity index (χ1v) is 8.37. The van der Waals surface area contributed by atoms with Gasteiger partial charge in [-0.2, -0.15) is 0 Å². The first kappa shape index (κ1) is 17.2. The van der Waals surface area contributed by atoms with E-state index in [1.807, 2.05) is 24.3 Å². The van der Waals surface area contributed by atoms with E-state index >= 15 is 0 Å². The Balaban J connectivity index is 1.30. The van der Waals surface area contributed by atoms with Gasteiger partial charge in [0.05, 0.1) is 6.54 Å². The van der Waals surface area contributed by atoms with Crippen molar-refractivity contribution in [3.63, 3.8) is 0 Å². The number of carbonyl (C=O) groups is 1. The zero-order valence-corrected chi connectivity index (χ0v) is 14.3. The molecular formula is C18H19ClN2O4. The summed E-state index contributed by atoms with van der Waals surface area (Å²) in [5, 5.41) is 6.24. The van der Waals surface area contributed by atoms with Crippen LogP contribution in [0.5, 0.6) is 17.2 Å². The van der Waals surface area contributed by atoms with Crippen LogP contribution in [0.3, 0.4) is 0 Å². The van der Waals surface area contributed by atoms with Crippen LogP contribution >= 0.6 is 11.6 Å². The standard InChI is InChI=1S/C18H19ClN2O4/c19-14-3-1-2-13(10-14)6-7-20-18(22)21-8-9-23-15-4-5-16-17(11-15)25-12-24-16/h1-5,10-11H,6-9,12H2,(H2,20,21,22). The average Bonchev–Trinajstić information content (AvgIpc) is 3.06. The SMILES string of the molecule is O=C(NCCOc1ccc2c(c1)OCO2)NCCc1cccc(Cl)c1. The van der Waals surface area contributed by atoms with E-state index in [0.717, 1.165) is 12.0 Å². The molecule has 6 nitrogen and oxygen atoms in total. The van der Waals surface area contributed by atoms with E-state index < -0.39 is 0 Å². The third-order valence-electron chi connectivity index (χ3n) is 3.59. The number of fused-ring (bicyclic) bond motifs is 1. The fourth-order valence-corrected chi connectivity index (χ4v) is 2.59. The maximum Gasteiger partial charge on any atom is 0.314 e. The van der Waals surface area contributed by atoms with Crippen LogP contribution in [0.1, 0.15) is 5.56 Å². The number of carbonyl (C=O) groups excluding carboxylic acids is 1. The molecule has 0 aromatic heterocycles. The van der Waals surface area contributed by atoms with Crippen molar-refractivity contribution < 1.29 is 19.0 Å². The average molecular weight is 363 g/mol. The van der Waals surface area contributed by atoms with Crippen molar-refractivity contribution >= 4 is 17.6 Å². The van der Waals surface area contributed by atoms with E-state index in [4.69, 9.17) is 25.8 Å². The summed E-state index contributed by atoms with van der Waals surface area (Å²) in [4.78, 5) is 11.7. The first-order chi connectivity index (χ1) is 12.2. The number of benzene rings is 2. The Kier molecular flexibility index (Phi) is 5.85. The van der Waals surface area contributed by atoms with Gasteiger partial charge in [0.15, 0.2) is 11.5 Å². The molecule has 2 aromatic rings. The first-order valence-electron chi connectivity index (χ1n) is 7.99. The summed E-state index contributed by atoms with van der Waals surface area (Å²) in [6.07, 6.45) is 0.724. The molecule has 1 aliphatic heterocycles. The lowest BCUT2D eigenvalue weighted by molar-refractivity contribution is 0.173. The number of ether oxygens (including phenoxy) is 3. The van der Waals surface area contributed by atoms with Crippen LogP contribution in [0.4, 0.5) is 4.79 Å². The number of amides is 2. The van der Waals surface area contributed by atoms with Crippen LogP contribution < -0.4 is 24.8 Å². The van der Waals surface area contributed by atoms with Gasteiger partial charge in [-0.15, -0.1) is 0 Å². The molecule has 0 atom stereocenters. The second-order valence-electron chi connectivity index (χ2n) is 5.43. The maximum absolute atomic E-state index is 11.7. The van der Waals surface area contributed by atoms with E-state index in [1.165, 1.54) is 0 Å². The summed E-state index contributed by atoms with van der Waals surface area (Å²) in [6, 6.07) is 12.7. The molecule has 0 radical (unpaired) electrons. The molecule has 2 amide bonds. The second kappa shape index (κ2) is 8.48. The Hall–Kier alpha value is -2.60. The third kappa shape index (κ3) is 5.19. The van der Waals surface area contributed by atoms with Crippen molar-refractivity contribution in [2.75, 3.05) is 26.5 Å². The van der Waals surface area contributed by atoms with Gasteiger partial charge in [0, 0.05) is 17.6 Å². The van der Waals surface area contributed by atoms with E-state index in [0.29, 0.717) is 42.0 Å². The third-order valence-corrected chi connectivity index (χ3v) is 3.82. The number of nitrogens with one attached hydrogen (secondary N) is 2. The van der Waals surface area contributed by atoms with E-state index in [9.17, 15) is 4.79 Å². The largest absolute Gasteiger partial charge is 0.492 e. The number of rotatable bonds is 7. The van der Waals surface area contributed by atoms with Crippen LogP contribution in [0.15, 0.2) is 42.5 Å². The number of hydrogen-bond acceptors (Lipinski definition) is 4. The minimum atomic E-state index is -0.226. The van der Waals surface area contributed by atoms with Gasteiger partial charge in [0.25, 0.3) is 0 Å². The van der Waals surface area contributed by atoms with Gasteiger partial charge in [-0.3, -0.25) is 0 Å². The molecule has 0 aliphatic carbocycles. The molecule has 1 aliphatic rings. The minimum absolute atomic E-state index is 0.226. The van der Waals surface area contributed by atoms with Crippen LogP contribution in [0, 0.1) is 0 Å². The summed E-state index contributed by atoms with van der Waals surface area (Å²) in [5.41, 5.74) is 1.08. The fourth-order valence-electron chi connectivity index (χ4n) is 2.38. The summed E-state index contributed by atoms with van der Waals surface area (Å²) in [7, 11) is 0. The van der Waals surface area contributed by atoms with Crippen molar-refractivity contribution in [3.8, 4) is 17.2 Å². The Bertz CT molecular complexity index is 739. The quantitative estimate of drug-likeness (QED) is 0.743. The van der Waals surface area contributed by atoms with Crippen molar-refractivity contribution in [2.45, 2.75) is 6.42 Å². The lowest BCUT2D eigenvalue weighted by atomic mass is 10.1. The molecule has 0 fully saturated rings. The zero-order valence-electron chi connectivity index (χ0n) is 13.6. The molecular weight excluding hydrogens is 344 g/mol. The Morgan fingerprint density at radius 1 is 1.08 bits per heavy atom. The smallest absolute Gasteiger partial charge is 0.314 e. The van der Waals surface area contributed by atoms with Crippen LogP contribution in [0.2, 0.25) is 5.02 Å². The monoisotopic (exact) mass is 362 g/mol. The normalized spacial score (nSPS) is 11.9. The van der Waals surface area contributed by atoms with Crippen molar-refractivity contribution in [1.82, 2.24) is 10.6 Å². The number of urea groups is 1. The highest BCUT2D eigenvalue weighted by atomic mass is 35.5. The molecule has 0 spiro atoms. The van der Waals surface area contributed by atoms with Crippen molar-refractivity contribution in [2.24, 2.45) is 0 Å². The van der Waals surface area contributed by atoms with Crippen molar-refractivity contribution in [3.05, 3.63) is 53.1 Å². The van der Waals surface area contributed by atoms with Crippen LogP contribution in [-0.4, -0.2) is 32.5 Å². The lowest BCUT2D eigenvalue weighted by Gasteiger charge is -2.09. The molecule has 0 saturated carbocycles. The van der Waals surface area contributed by atoms with Gasteiger partial charge in [0.2, 0.25) is 6.79 Å². The molecule has 25 heavy (non-hydrogen) atoms. The highest BCUT2D eigenvalue weighted by Gasteiger charge is 2.13. The predicted octanol–water partition coefficient (Wildman–Crippen LogP) is 2.99. The van der Waals surface area contributed by atoms with Crippen molar-refractivity contribution in [1.29, 1.82) is 0 Å². The van der Waals surface area contributed by atoms with Gasteiger partial charge in [-0.1, -0.05) is 23.7 Å². The Morgan fingerprint density at radius 2 is 1.92 bits per heavy atom. The van der Waals surface area contributed by atoms with Crippen LogP contribution in [0.25, 0.3) is 0 Å². The van der Waals surface area contributed by atoms with Gasteiger partial charge in [-0.05, 0) is 36.2 Å². The summed E-state index contributed by atoms with van der Waals surface area (Å²) < 4.78 is 16.1. The molecule has 132 valence electrons. The summed E-state index contributed by atoms with van der Waals surface area (Å²) in [6.45, 7) is 1.53. The fraction of sp³-hybridized carbons (Fsp3) is 0.278. The number of hydrogen-bond donors (Lipinski definition) is 2. The van der Waals surface area contributed by atoms with E-state index in [2.05, 4.69) is 10.6 Å². The predicted molar refractivity (Wildman–Crippen MR) is 94.6 cm³/mol. The molecule has 3 rings (SSSR count). The Morgan fingerprint density at radius 3 is 2.80 bits per heavy atom. The molecule has 2 aromatic carbocycles. The Labute approximate surface area is 151 Å². The van der Waals surface area contributed by atoms with E-state index in [1.54, 1.807) is 18.2 Å². The van der Waals surface area contributed by atoms with E-state index in [-0.39, 0.29) is 12.8 Å². The molecule has 7 heteroatoms. The van der Waals surface area contributed by atoms with Gasteiger partial charge < -0.3 is 24.8 Å². The molecule has 2 N–H and O–H groups in total. The number of halogens is 1. The minimum Gasteiger partial charge on any atom is -0.492 e. The molecule has 0 unspecified atom stereocenters. The van der Waals surface area contributed by atoms with Gasteiger partial charge >= 0.3 is 6.03 Å². The summed E-state index contributed by atoms with van der Waals surface area (Å²) in [5.74, 6) is 2.06. The highest BCUT2D eigenvalue weighted by molar-refractivity contribution is 6.30.